The molecular weight excluding hydrogens is 540 g/mol. The number of fused-ring (bicyclic) bond motifs is 3. The van der Waals surface area contributed by atoms with Crippen LogP contribution in [-0.4, -0.2) is 86.9 Å². The molecule has 1 amide bonds. The van der Waals surface area contributed by atoms with Gasteiger partial charge in [0.1, 0.15) is 5.82 Å². The van der Waals surface area contributed by atoms with Crippen LogP contribution < -0.4 is 14.5 Å². The van der Waals surface area contributed by atoms with Crippen molar-refractivity contribution in [1.29, 1.82) is 0 Å². The monoisotopic (exact) mass is 578 g/mol. The number of methoxy groups -OCH3 is 1. The molecule has 10 heteroatoms. The Morgan fingerprint density at radius 3 is 2.34 bits per heavy atom. The first-order valence-electron chi connectivity index (χ1n) is 14.5. The van der Waals surface area contributed by atoms with Gasteiger partial charge in [-0.2, -0.15) is 9.97 Å². The van der Waals surface area contributed by atoms with Gasteiger partial charge in [-0.05, 0) is 68.8 Å². The first-order chi connectivity index (χ1) is 19.9. The lowest BCUT2D eigenvalue weighted by molar-refractivity contribution is -0.171. The highest BCUT2D eigenvalue weighted by atomic mass is 35.5. The van der Waals surface area contributed by atoms with Crippen LogP contribution in [0.5, 0.6) is 6.01 Å². The lowest BCUT2D eigenvalue weighted by atomic mass is 10.0. The fourth-order valence-electron chi connectivity index (χ4n) is 6.73. The third-order valence-corrected chi connectivity index (χ3v) is 9.39. The Morgan fingerprint density at radius 1 is 1.00 bits per heavy atom. The molecule has 2 saturated heterocycles. The number of hydroxylamine groups is 2. The van der Waals surface area contributed by atoms with Gasteiger partial charge in [-0.25, -0.2) is 5.06 Å². The quantitative estimate of drug-likeness (QED) is 0.416. The van der Waals surface area contributed by atoms with Gasteiger partial charge in [0.05, 0.1) is 37.4 Å². The van der Waals surface area contributed by atoms with Crippen molar-refractivity contribution in [3.63, 3.8) is 0 Å². The van der Waals surface area contributed by atoms with Crippen molar-refractivity contribution in [3.05, 3.63) is 52.7 Å². The summed E-state index contributed by atoms with van der Waals surface area (Å²) in [5.41, 5.74) is 3.27. The van der Waals surface area contributed by atoms with Gasteiger partial charge in [-0.3, -0.25) is 9.63 Å². The Labute approximate surface area is 246 Å². The standard InChI is InChI=1S/C26H28ClN5O3.C5H11N/c1-30(35-3)25(33)23-17-12-32(13-18(17)23)24-16-10-11-31(14-20(16)28-26(29-24)34-2)21-9-5-7-15-6-4-8-19(27)22(15)21;1-6-4-2-3-5-6/h4-9,17-18,23H,10-14H2,1-3H3;2-5H2,1H3. The van der Waals surface area contributed by atoms with E-state index in [4.69, 9.17) is 31.1 Å². The zero-order valence-electron chi connectivity index (χ0n) is 24.3. The number of anilines is 2. The fraction of sp³-hybridized carbons (Fsp3) is 0.516. The molecule has 1 saturated carbocycles. The first kappa shape index (κ1) is 28.0. The van der Waals surface area contributed by atoms with Crippen LogP contribution in [0, 0.1) is 17.8 Å². The van der Waals surface area contributed by atoms with E-state index in [1.807, 2.05) is 12.1 Å². The summed E-state index contributed by atoms with van der Waals surface area (Å²) in [5.74, 6) is 1.74. The van der Waals surface area contributed by atoms with Crippen LogP contribution >= 0.6 is 11.6 Å². The molecule has 2 atom stereocenters. The van der Waals surface area contributed by atoms with Gasteiger partial charge < -0.3 is 19.4 Å². The van der Waals surface area contributed by atoms with Crippen LogP contribution in [0.1, 0.15) is 24.1 Å². The summed E-state index contributed by atoms with van der Waals surface area (Å²) in [5, 5.41) is 4.29. The molecule has 0 spiro atoms. The van der Waals surface area contributed by atoms with Crippen LogP contribution in [0.4, 0.5) is 11.5 Å². The smallest absolute Gasteiger partial charge is 0.318 e. The topological polar surface area (TPSA) is 74.3 Å². The van der Waals surface area contributed by atoms with Crippen LogP contribution in [0.2, 0.25) is 5.02 Å². The van der Waals surface area contributed by atoms with Crippen LogP contribution in [0.15, 0.2) is 36.4 Å². The molecule has 7 rings (SSSR count). The lowest BCUT2D eigenvalue weighted by Crippen LogP contribution is -2.36. The third kappa shape index (κ3) is 5.43. The zero-order chi connectivity index (χ0) is 28.7. The van der Waals surface area contributed by atoms with E-state index in [1.54, 1.807) is 14.2 Å². The predicted octanol–water partition coefficient (Wildman–Crippen LogP) is 4.27. The number of nitrogens with zero attached hydrogens (tertiary/aromatic N) is 6. The maximum atomic E-state index is 12.5. The van der Waals surface area contributed by atoms with Crippen molar-refractivity contribution in [2.24, 2.45) is 17.8 Å². The fourth-order valence-corrected chi connectivity index (χ4v) is 7.01. The van der Waals surface area contributed by atoms with Crippen LogP contribution in [0.25, 0.3) is 10.8 Å². The molecule has 3 aliphatic heterocycles. The molecule has 0 bridgehead atoms. The zero-order valence-corrected chi connectivity index (χ0v) is 25.1. The van der Waals surface area contributed by atoms with E-state index in [0.29, 0.717) is 24.4 Å². The number of carbonyl (C=O) groups is 1. The summed E-state index contributed by atoms with van der Waals surface area (Å²) in [7, 11) is 6.98. The molecule has 218 valence electrons. The third-order valence-electron chi connectivity index (χ3n) is 9.07. The predicted molar refractivity (Wildman–Crippen MR) is 161 cm³/mol. The molecular formula is C31H39ClN6O3. The van der Waals surface area contributed by atoms with E-state index in [1.165, 1.54) is 43.7 Å². The molecule has 9 nitrogen and oxygen atoms in total. The van der Waals surface area contributed by atoms with Gasteiger partial charge in [0.15, 0.2) is 0 Å². The molecule has 4 heterocycles. The normalized spacial score (nSPS) is 23.1. The van der Waals surface area contributed by atoms with E-state index >= 15 is 0 Å². The van der Waals surface area contributed by atoms with E-state index in [2.05, 4.69) is 46.0 Å². The van der Waals surface area contributed by atoms with E-state index < -0.39 is 0 Å². The minimum atomic E-state index is 0.0439. The Bertz CT molecular complexity index is 1410. The molecule has 1 aliphatic carbocycles. The van der Waals surface area contributed by atoms with Gasteiger partial charge in [0, 0.05) is 43.3 Å². The minimum Gasteiger partial charge on any atom is -0.467 e. The number of rotatable bonds is 5. The van der Waals surface area contributed by atoms with Gasteiger partial charge in [-0.15, -0.1) is 0 Å². The number of ether oxygens (including phenoxy) is 1. The number of amides is 1. The number of benzene rings is 2. The molecule has 2 unspecified atom stereocenters. The number of likely N-dealkylation sites (tertiary alicyclic amines) is 1. The largest absolute Gasteiger partial charge is 0.467 e. The molecule has 1 aromatic heterocycles. The lowest BCUT2D eigenvalue weighted by Gasteiger charge is -2.33. The average Bonchev–Trinajstić information content (AvgIpc) is 3.29. The number of aromatic nitrogens is 2. The second kappa shape index (κ2) is 11.6. The molecule has 0 N–H and O–H groups in total. The molecule has 3 fully saturated rings. The molecule has 2 aromatic carbocycles. The maximum absolute atomic E-state index is 12.5. The van der Waals surface area contributed by atoms with Crippen molar-refractivity contribution in [1.82, 2.24) is 19.9 Å². The summed E-state index contributed by atoms with van der Waals surface area (Å²) in [4.78, 5) is 34.1. The average molecular weight is 579 g/mol. The van der Waals surface area contributed by atoms with E-state index in [0.717, 1.165) is 59.0 Å². The second-order valence-electron chi connectivity index (χ2n) is 11.5. The molecule has 3 aromatic rings. The number of piperidine rings is 1. The van der Waals surface area contributed by atoms with Crippen molar-refractivity contribution in [3.8, 4) is 6.01 Å². The molecule has 41 heavy (non-hydrogen) atoms. The highest BCUT2D eigenvalue weighted by Crippen LogP contribution is 2.53. The van der Waals surface area contributed by atoms with Crippen molar-refractivity contribution in [2.45, 2.75) is 25.8 Å². The summed E-state index contributed by atoms with van der Waals surface area (Å²) >= 11 is 6.61. The van der Waals surface area contributed by atoms with E-state index in [9.17, 15) is 4.79 Å². The SMILES string of the molecule is CN1CCCC1.COc1nc2c(c(N3CC4C(C3)C4C(=O)N(C)OC)n1)CCN(c1cccc3cccc(Cl)c13)C2. The Kier molecular flexibility index (Phi) is 7.94. The first-order valence-corrected chi connectivity index (χ1v) is 14.9. The molecule has 4 aliphatic rings. The summed E-state index contributed by atoms with van der Waals surface area (Å²) in [6.45, 7) is 5.77. The highest BCUT2D eigenvalue weighted by molar-refractivity contribution is 6.36. The van der Waals surface area contributed by atoms with Crippen molar-refractivity contribution < 1.29 is 14.4 Å². The van der Waals surface area contributed by atoms with Gasteiger partial charge in [0.2, 0.25) is 5.91 Å². The van der Waals surface area contributed by atoms with Gasteiger partial charge >= 0.3 is 6.01 Å². The maximum Gasteiger partial charge on any atom is 0.318 e. The van der Waals surface area contributed by atoms with E-state index in [-0.39, 0.29) is 11.8 Å². The number of carbonyl (C=O) groups excluding carboxylic acids is 1. The van der Waals surface area contributed by atoms with Crippen molar-refractivity contribution >= 4 is 39.8 Å². The summed E-state index contributed by atoms with van der Waals surface area (Å²) in [6, 6.07) is 12.7. The second-order valence-corrected chi connectivity index (χ2v) is 11.9. The van der Waals surface area contributed by atoms with Crippen LogP contribution in [0.3, 0.4) is 0 Å². The molecule has 0 radical (unpaired) electrons. The Morgan fingerprint density at radius 2 is 1.71 bits per heavy atom. The van der Waals surface area contributed by atoms with Crippen LogP contribution in [-0.2, 0) is 22.6 Å². The number of hydrogen-bond acceptors (Lipinski definition) is 8. The Balaban J connectivity index is 0.000000449. The summed E-state index contributed by atoms with van der Waals surface area (Å²) < 4.78 is 5.49. The minimum absolute atomic E-state index is 0.0439. The van der Waals surface area contributed by atoms with Gasteiger partial charge in [0.25, 0.3) is 0 Å². The Hall–Kier alpha value is -3.14. The number of halogens is 1. The van der Waals surface area contributed by atoms with Crippen molar-refractivity contribution in [2.75, 3.05) is 70.8 Å². The van der Waals surface area contributed by atoms with Gasteiger partial charge in [-0.1, -0.05) is 35.9 Å². The summed E-state index contributed by atoms with van der Waals surface area (Å²) in [6.07, 6.45) is 3.66. The number of hydrogen-bond donors (Lipinski definition) is 0. The highest BCUT2D eigenvalue weighted by Gasteiger charge is 2.60.